The Balaban J connectivity index is 1.79. The zero-order chi connectivity index (χ0) is 17.6. The molecule has 0 radical (unpaired) electrons. The van der Waals surface area contributed by atoms with Crippen molar-refractivity contribution in [1.82, 2.24) is 4.90 Å². The lowest BCUT2D eigenvalue weighted by molar-refractivity contribution is -0.105. The van der Waals surface area contributed by atoms with Crippen LogP contribution in [0.5, 0.6) is 0 Å². The quantitative estimate of drug-likeness (QED) is 0.811. The third-order valence-corrected chi connectivity index (χ3v) is 3.99. The van der Waals surface area contributed by atoms with Gasteiger partial charge in [0.15, 0.2) is 0 Å². The monoisotopic (exact) mass is 333 g/mol. The first-order chi connectivity index (χ1) is 11.4. The highest BCUT2D eigenvalue weighted by atomic mass is 16.6. The molecule has 0 aliphatic carbocycles. The van der Waals surface area contributed by atoms with Crippen molar-refractivity contribution in [2.45, 2.75) is 39.2 Å². The molecule has 2 amide bonds. The normalized spacial score (nSPS) is 15.7. The number of amides is 2. The first-order valence-corrected chi connectivity index (χ1v) is 8.40. The van der Waals surface area contributed by atoms with E-state index in [9.17, 15) is 9.59 Å². The lowest BCUT2D eigenvalue weighted by Gasteiger charge is -2.33. The van der Waals surface area contributed by atoms with Gasteiger partial charge in [0.25, 0.3) is 0 Å². The molecule has 6 nitrogen and oxygen atoms in total. The number of hydrogen-bond acceptors (Lipinski definition) is 4. The van der Waals surface area contributed by atoms with Gasteiger partial charge in [0.2, 0.25) is 6.41 Å². The van der Waals surface area contributed by atoms with Gasteiger partial charge in [-0.15, -0.1) is 0 Å². The highest BCUT2D eigenvalue weighted by molar-refractivity contribution is 5.80. The standard InChI is InChI=1S/C18H27N3O3/c1-18(2,3)24-17(23)21-10-8-14(9-11-21)12-19-15-6-4-5-7-16(15)20-13-22/h4-7,13-14,19H,8-12H2,1-3H3,(H,20,22). The third-order valence-electron chi connectivity index (χ3n) is 3.99. The molecular weight excluding hydrogens is 306 g/mol. The number of nitrogens with one attached hydrogen (secondary N) is 2. The van der Waals surface area contributed by atoms with Gasteiger partial charge < -0.3 is 20.3 Å². The Kier molecular flexibility index (Phi) is 6.06. The Hall–Kier alpha value is -2.24. The molecule has 6 heteroatoms. The van der Waals surface area contributed by atoms with Crippen LogP contribution in [0.1, 0.15) is 33.6 Å². The maximum atomic E-state index is 12.1. The molecular formula is C18H27N3O3. The Bertz CT molecular complexity index is 561. The van der Waals surface area contributed by atoms with E-state index in [1.165, 1.54) is 0 Å². The average Bonchev–Trinajstić information content (AvgIpc) is 2.53. The van der Waals surface area contributed by atoms with Crippen LogP contribution in [0.3, 0.4) is 0 Å². The van der Waals surface area contributed by atoms with E-state index in [0.717, 1.165) is 43.9 Å². The molecule has 2 N–H and O–H groups in total. The number of piperidine rings is 1. The summed E-state index contributed by atoms with van der Waals surface area (Å²) in [4.78, 5) is 24.5. The topological polar surface area (TPSA) is 70.7 Å². The molecule has 1 aromatic carbocycles. The molecule has 0 saturated carbocycles. The number of hydrogen-bond donors (Lipinski definition) is 2. The van der Waals surface area contributed by atoms with Crippen molar-refractivity contribution in [3.05, 3.63) is 24.3 Å². The molecule has 1 aromatic rings. The average molecular weight is 333 g/mol. The summed E-state index contributed by atoms with van der Waals surface area (Å²) in [6, 6.07) is 7.63. The van der Waals surface area contributed by atoms with Gasteiger partial charge in [0, 0.05) is 19.6 Å². The van der Waals surface area contributed by atoms with Crippen LogP contribution in [0.2, 0.25) is 0 Å². The van der Waals surface area contributed by atoms with Gasteiger partial charge in [-0.25, -0.2) is 4.79 Å². The molecule has 0 atom stereocenters. The first kappa shape index (κ1) is 18.1. The second-order valence-corrected chi connectivity index (χ2v) is 7.10. The van der Waals surface area contributed by atoms with E-state index in [-0.39, 0.29) is 6.09 Å². The summed E-state index contributed by atoms with van der Waals surface area (Å²) in [7, 11) is 0. The Morgan fingerprint density at radius 3 is 2.46 bits per heavy atom. The molecule has 1 heterocycles. The molecule has 0 spiro atoms. The van der Waals surface area contributed by atoms with Crippen molar-refractivity contribution in [1.29, 1.82) is 0 Å². The number of ether oxygens (including phenoxy) is 1. The second kappa shape index (κ2) is 8.04. The molecule has 0 bridgehead atoms. The van der Waals surface area contributed by atoms with Crippen molar-refractivity contribution < 1.29 is 14.3 Å². The van der Waals surface area contributed by atoms with E-state index in [1.54, 1.807) is 4.90 Å². The number of para-hydroxylation sites is 2. The van der Waals surface area contributed by atoms with Gasteiger partial charge >= 0.3 is 6.09 Å². The molecule has 1 fully saturated rings. The van der Waals surface area contributed by atoms with Crippen LogP contribution < -0.4 is 10.6 Å². The summed E-state index contributed by atoms with van der Waals surface area (Å²) < 4.78 is 5.41. The molecule has 0 unspecified atom stereocenters. The lowest BCUT2D eigenvalue weighted by Crippen LogP contribution is -2.42. The zero-order valence-corrected chi connectivity index (χ0v) is 14.7. The minimum atomic E-state index is -0.454. The predicted molar refractivity (Wildman–Crippen MR) is 95.1 cm³/mol. The fourth-order valence-electron chi connectivity index (χ4n) is 2.73. The number of benzene rings is 1. The molecule has 132 valence electrons. The highest BCUT2D eigenvalue weighted by Crippen LogP contribution is 2.23. The van der Waals surface area contributed by atoms with E-state index in [2.05, 4.69) is 10.6 Å². The van der Waals surface area contributed by atoms with Crippen LogP contribution in [-0.4, -0.2) is 42.6 Å². The third kappa shape index (κ3) is 5.44. The van der Waals surface area contributed by atoms with Crippen LogP contribution in [0, 0.1) is 5.92 Å². The van der Waals surface area contributed by atoms with Crippen LogP contribution in [0.4, 0.5) is 16.2 Å². The molecule has 1 aliphatic heterocycles. The number of nitrogens with zero attached hydrogens (tertiary/aromatic N) is 1. The first-order valence-electron chi connectivity index (χ1n) is 8.40. The largest absolute Gasteiger partial charge is 0.444 e. The zero-order valence-electron chi connectivity index (χ0n) is 14.7. The van der Waals surface area contributed by atoms with Crippen molar-refractivity contribution in [2.24, 2.45) is 5.92 Å². The fraction of sp³-hybridized carbons (Fsp3) is 0.556. The van der Waals surface area contributed by atoms with Gasteiger partial charge in [-0.2, -0.15) is 0 Å². The SMILES string of the molecule is CC(C)(C)OC(=O)N1CCC(CNc2ccccc2NC=O)CC1. The summed E-state index contributed by atoms with van der Waals surface area (Å²) >= 11 is 0. The lowest BCUT2D eigenvalue weighted by atomic mass is 9.97. The Morgan fingerprint density at radius 1 is 1.25 bits per heavy atom. The van der Waals surface area contributed by atoms with E-state index < -0.39 is 5.60 Å². The number of carbonyl (C=O) groups excluding carboxylic acids is 2. The number of anilines is 2. The molecule has 2 rings (SSSR count). The molecule has 1 aliphatic rings. The Morgan fingerprint density at radius 2 is 1.88 bits per heavy atom. The maximum absolute atomic E-state index is 12.1. The summed E-state index contributed by atoms with van der Waals surface area (Å²) in [5, 5.41) is 6.09. The van der Waals surface area contributed by atoms with E-state index in [1.807, 2.05) is 45.0 Å². The van der Waals surface area contributed by atoms with E-state index in [4.69, 9.17) is 4.74 Å². The van der Waals surface area contributed by atoms with Crippen molar-refractivity contribution >= 4 is 23.9 Å². The van der Waals surface area contributed by atoms with Gasteiger partial charge in [0.1, 0.15) is 5.60 Å². The van der Waals surface area contributed by atoms with Gasteiger partial charge in [-0.3, -0.25) is 4.79 Å². The van der Waals surface area contributed by atoms with Crippen LogP contribution in [0.25, 0.3) is 0 Å². The van der Waals surface area contributed by atoms with Crippen molar-refractivity contribution in [2.75, 3.05) is 30.3 Å². The minimum Gasteiger partial charge on any atom is -0.444 e. The summed E-state index contributed by atoms with van der Waals surface area (Å²) in [6.45, 7) is 7.90. The minimum absolute atomic E-state index is 0.227. The number of carbonyl (C=O) groups is 2. The van der Waals surface area contributed by atoms with Crippen molar-refractivity contribution in [3.8, 4) is 0 Å². The van der Waals surface area contributed by atoms with Crippen LogP contribution in [-0.2, 0) is 9.53 Å². The maximum Gasteiger partial charge on any atom is 0.410 e. The van der Waals surface area contributed by atoms with Crippen LogP contribution in [0.15, 0.2) is 24.3 Å². The van der Waals surface area contributed by atoms with Gasteiger partial charge in [0.05, 0.1) is 11.4 Å². The molecule has 0 aromatic heterocycles. The summed E-state index contributed by atoms with van der Waals surface area (Å²) in [5.41, 5.74) is 1.24. The summed E-state index contributed by atoms with van der Waals surface area (Å²) in [6.07, 6.45) is 2.33. The molecule has 24 heavy (non-hydrogen) atoms. The summed E-state index contributed by atoms with van der Waals surface area (Å²) in [5.74, 6) is 0.493. The highest BCUT2D eigenvalue weighted by Gasteiger charge is 2.26. The molecule has 1 saturated heterocycles. The second-order valence-electron chi connectivity index (χ2n) is 7.10. The number of likely N-dealkylation sites (tertiary alicyclic amines) is 1. The fourth-order valence-corrected chi connectivity index (χ4v) is 2.73. The smallest absolute Gasteiger partial charge is 0.410 e. The Labute approximate surface area is 143 Å². The van der Waals surface area contributed by atoms with E-state index in [0.29, 0.717) is 12.3 Å². The van der Waals surface area contributed by atoms with Gasteiger partial charge in [-0.1, -0.05) is 12.1 Å². The number of rotatable bonds is 5. The predicted octanol–water partition coefficient (Wildman–Crippen LogP) is 3.31. The van der Waals surface area contributed by atoms with Crippen LogP contribution >= 0.6 is 0 Å². The van der Waals surface area contributed by atoms with Crippen molar-refractivity contribution in [3.63, 3.8) is 0 Å². The van der Waals surface area contributed by atoms with E-state index >= 15 is 0 Å². The van der Waals surface area contributed by atoms with Gasteiger partial charge in [-0.05, 0) is 51.7 Å².